The quantitative estimate of drug-likeness (QED) is 0.832. The maximum atomic E-state index is 5.98. The van der Waals surface area contributed by atoms with Crippen LogP contribution in [0.4, 0.5) is 0 Å². The molecule has 3 atom stereocenters. The maximum absolute atomic E-state index is 5.98. The first-order valence-electron chi connectivity index (χ1n) is 7.91. The van der Waals surface area contributed by atoms with Crippen molar-refractivity contribution in [2.24, 2.45) is 5.41 Å². The van der Waals surface area contributed by atoms with Gasteiger partial charge in [-0.1, -0.05) is 12.8 Å². The normalized spacial score (nSPS) is 40.3. The van der Waals surface area contributed by atoms with Gasteiger partial charge in [-0.15, -0.1) is 0 Å². The van der Waals surface area contributed by atoms with Crippen molar-refractivity contribution in [3.05, 3.63) is 0 Å². The number of ether oxygens (including phenoxy) is 2. The molecule has 0 aromatic rings. The van der Waals surface area contributed by atoms with Crippen LogP contribution >= 0.6 is 0 Å². The molecule has 3 unspecified atom stereocenters. The summed E-state index contributed by atoms with van der Waals surface area (Å²) in [4.78, 5) is 2.71. The Balaban J connectivity index is 1.66. The molecule has 2 aliphatic heterocycles. The molecule has 3 fully saturated rings. The first-order chi connectivity index (χ1) is 9.33. The molecule has 0 aromatic heterocycles. The third-order valence-corrected chi connectivity index (χ3v) is 5.12. The highest BCUT2D eigenvalue weighted by atomic mass is 16.5. The van der Waals surface area contributed by atoms with Crippen LogP contribution in [0.15, 0.2) is 0 Å². The fraction of sp³-hybridized carbons (Fsp3) is 1.00. The number of nitrogens with one attached hydrogen (secondary N) is 1. The molecule has 1 N–H and O–H groups in total. The lowest BCUT2D eigenvalue weighted by atomic mass is 9.83. The number of morpholine rings is 1. The van der Waals surface area contributed by atoms with Gasteiger partial charge in [0.15, 0.2) is 0 Å². The Kier molecular flexibility index (Phi) is 4.42. The highest BCUT2D eigenvalue weighted by Gasteiger charge is 2.41. The molecule has 110 valence electrons. The summed E-state index contributed by atoms with van der Waals surface area (Å²) in [5.74, 6) is 0. The second kappa shape index (κ2) is 6.08. The van der Waals surface area contributed by atoms with Crippen LogP contribution in [0, 0.1) is 5.41 Å². The van der Waals surface area contributed by atoms with Crippen LogP contribution in [-0.2, 0) is 9.47 Å². The van der Waals surface area contributed by atoms with E-state index in [2.05, 4.69) is 17.3 Å². The van der Waals surface area contributed by atoms with E-state index in [1.807, 2.05) is 0 Å². The second-order valence-electron chi connectivity index (χ2n) is 6.56. The molecule has 2 saturated heterocycles. The van der Waals surface area contributed by atoms with E-state index in [4.69, 9.17) is 9.47 Å². The Hall–Kier alpha value is -0.160. The Morgan fingerprint density at radius 1 is 1.26 bits per heavy atom. The number of hydrogen-bond acceptors (Lipinski definition) is 4. The smallest absolute Gasteiger partial charge is 0.0730 e. The molecule has 0 aromatic carbocycles. The van der Waals surface area contributed by atoms with Gasteiger partial charge in [0.2, 0.25) is 0 Å². The third kappa shape index (κ3) is 2.97. The van der Waals surface area contributed by atoms with Crippen molar-refractivity contribution < 1.29 is 9.47 Å². The third-order valence-electron chi connectivity index (χ3n) is 5.12. The van der Waals surface area contributed by atoms with Gasteiger partial charge in [-0.05, 0) is 26.3 Å². The van der Waals surface area contributed by atoms with Crippen molar-refractivity contribution >= 4 is 0 Å². The van der Waals surface area contributed by atoms with Crippen LogP contribution in [0.1, 0.15) is 32.1 Å². The molecule has 0 bridgehead atoms. The fourth-order valence-corrected chi connectivity index (χ4v) is 4.15. The molecule has 3 rings (SSSR count). The maximum Gasteiger partial charge on any atom is 0.0730 e. The second-order valence-corrected chi connectivity index (χ2v) is 6.56. The van der Waals surface area contributed by atoms with Crippen LogP contribution in [0.3, 0.4) is 0 Å². The van der Waals surface area contributed by atoms with Crippen LogP contribution in [0.5, 0.6) is 0 Å². The van der Waals surface area contributed by atoms with E-state index >= 15 is 0 Å². The van der Waals surface area contributed by atoms with E-state index in [0.29, 0.717) is 17.6 Å². The van der Waals surface area contributed by atoms with Gasteiger partial charge in [-0.2, -0.15) is 0 Å². The zero-order valence-corrected chi connectivity index (χ0v) is 12.2. The summed E-state index contributed by atoms with van der Waals surface area (Å²) < 4.78 is 11.7. The van der Waals surface area contributed by atoms with Crippen molar-refractivity contribution in [3.63, 3.8) is 0 Å². The van der Waals surface area contributed by atoms with Gasteiger partial charge in [-0.3, -0.25) is 4.90 Å². The van der Waals surface area contributed by atoms with Crippen LogP contribution < -0.4 is 5.32 Å². The summed E-state index contributed by atoms with van der Waals surface area (Å²) in [5.41, 5.74) is 0.327. The van der Waals surface area contributed by atoms with E-state index in [-0.39, 0.29) is 0 Å². The van der Waals surface area contributed by atoms with Crippen molar-refractivity contribution in [1.82, 2.24) is 10.2 Å². The van der Waals surface area contributed by atoms with E-state index in [1.54, 1.807) is 0 Å². The average molecular weight is 268 g/mol. The predicted molar refractivity (Wildman–Crippen MR) is 75.4 cm³/mol. The highest BCUT2D eigenvalue weighted by Crippen LogP contribution is 2.34. The molecule has 3 aliphatic rings. The number of nitrogens with zero attached hydrogens (tertiary/aromatic N) is 1. The molecular formula is C15H28N2O2. The minimum Gasteiger partial charge on any atom is -0.381 e. The Labute approximate surface area is 116 Å². The van der Waals surface area contributed by atoms with Crippen molar-refractivity contribution in [2.75, 3.05) is 46.5 Å². The summed E-state index contributed by atoms with van der Waals surface area (Å²) in [5, 5.41) is 3.37. The summed E-state index contributed by atoms with van der Waals surface area (Å²) >= 11 is 0. The molecule has 19 heavy (non-hydrogen) atoms. The van der Waals surface area contributed by atoms with Gasteiger partial charge in [-0.25, -0.2) is 0 Å². The van der Waals surface area contributed by atoms with Gasteiger partial charge >= 0.3 is 0 Å². The molecule has 1 saturated carbocycles. The van der Waals surface area contributed by atoms with E-state index in [1.165, 1.54) is 38.6 Å². The lowest BCUT2D eigenvalue weighted by Gasteiger charge is -2.46. The topological polar surface area (TPSA) is 33.7 Å². The van der Waals surface area contributed by atoms with Crippen LogP contribution in [0.2, 0.25) is 0 Å². The lowest BCUT2D eigenvalue weighted by molar-refractivity contribution is -0.0989. The lowest BCUT2D eigenvalue weighted by Crippen LogP contribution is -2.56. The Bertz CT molecular complexity index is 290. The summed E-state index contributed by atoms with van der Waals surface area (Å²) in [7, 11) is 2.06. The summed E-state index contributed by atoms with van der Waals surface area (Å²) in [6.07, 6.45) is 6.99. The van der Waals surface area contributed by atoms with Gasteiger partial charge in [0.1, 0.15) is 0 Å². The van der Waals surface area contributed by atoms with E-state index < -0.39 is 0 Å². The number of rotatable bonds is 4. The van der Waals surface area contributed by atoms with E-state index in [0.717, 1.165) is 32.9 Å². The zero-order chi connectivity index (χ0) is 13.1. The molecule has 4 heteroatoms. The van der Waals surface area contributed by atoms with Crippen molar-refractivity contribution in [2.45, 2.75) is 44.2 Å². The molecule has 2 heterocycles. The molecule has 0 amide bonds. The largest absolute Gasteiger partial charge is 0.381 e. The number of hydrogen-bond donors (Lipinski definition) is 1. The monoisotopic (exact) mass is 268 g/mol. The average Bonchev–Trinajstić information content (AvgIpc) is 2.88. The molecular weight excluding hydrogens is 240 g/mol. The Morgan fingerprint density at radius 2 is 2.16 bits per heavy atom. The Morgan fingerprint density at radius 3 is 2.95 bits per heavy atom. The van der Waals surface area contributed by atoms with Crippen molar-refractivity contribution in [3.8, 4) is 0 Å². The van der Waals surface area contributed by atoms with E-state index in [9.17, 15) is 0 Å². The fourth-order valence-electron chi connectivity index (χ4n) is 4.15. The SMILES string of the molecule is CNCC1(CN2CCOC3CCCCC32)CCOC1. The van der Waals surface area contributed by atoms with Crippen molar-refractivity contribution in [1.29, 1.82) is 0 Å². The molecule has 4 nitrogen and oxygen atoms in total. The first kappa shape index (κ1) is 13.8. The minimum atomic E-state index is 0.327. The summed E-state index contributed by atoms with van der Waals surface area (Å²) in [6.45, 7) is 6.12. The van der Waals surface area contributed by atoms with Gasteiger partial charge in [0.25, 0.3) is 0 Å². The van der Waals surface area contributed by atoms with Gasteiger partial charge < -0.3 is 14.8 Å². The number of fused-ring (bicyclic) bond motifs is 1. The molecule has 0 radical (unpaired) electrons. The van der Waals surface area contributed by atoms with Crippen LogP contribution in [0.25, 0.3) is 0 Å². The first-order valence-corrected chi connectivity index (χ1v) is 7.91. The predicted octanol–water partition coefficient (Wildman–Crippen LogP) is 1.26. The molecule has 0 spiro atoms. The van der Waals surface area contributed by atoms with Crippen LogP contribution in [-0.4, -0.2) is 63.5 Å². The zero-order valence-electron chi connectivity index (χ0n) is 12.2. The van der Waals surface area contributed by atoms with Gasteiger partial charge in [0, 0.05) is 37.7 Å². The molecule has 1 aliphatic carbocycles. The summed E-state index contributed by atoms with van der Waals surface area (Å²) in [6, 6.07) is 0.664. The highest BCUT2D eigenvalue weighted by molar-refractivity contribution is 4.94. The van der Waals surface area contributed by atoms with Gasteiger partial charge in [0.05, 0.1) is 19.3 Å². The minimum absolute atomic E-state index is 0.327. The standard InChI is InChI=1S/C15H28N2O2/c1-16-10-15(6-8-18-12-15)11-17-7-9-19-14-5-3-2-4-13(14)17/h13-14,16H,2-12H2,1H3.